The Morgan fingerprint density at radius 3 is 2.32 bits per heavy atom. The summed E-state index contributed by atoms with van der Waals surface area (Å²) in [7, 11) is 0. The van der Waals surface area contributed by atoms with Gasteiger partial charge in [0.25, 0.3) is 0 Å². The number of rotatable bonds is 9. The summed E-state index contributed by atoms with van der Waals surface area (Å²) >= 11 is 0. The highest BCUT2D eigenvalue weighted by molar-refractivity contribution is 5.79. The van der Waals surface area contributed by atoms with Crippen LogP contribution in [0.1, 0.15) is 24.5 Å². The fourth-order valence-electron chi connectivity index (χ4n) is 3.73. The van der Waals surface area contributed by atoms with Crippen LogP contribution in [-0.4, -0.2) is 50.1 Å². The van der Waals surface area contributed by atoms with Crippen LogP contribution in [0, 0.1) is 5.92 Å². The maximum Gasteiger partial charge on any atom is 0.191 e. The summed E-state index contributed by atoms with van der Waals surface area (Å²) in [6, 6.07) is 21.4. The minimum atomic E-state index is 0.667. The molecule has 1 saturated heterocycles. The predicted molar refractivity (Wildman–Crippen MR) is 119 cm³/mol. The number of hydrogen-bond acceptors (Lipinski definition) is 2. The van der Waals surface area contributed by atoms with Crippen molar-refractivity contribution in [2.24, 2.45) is 10.9 Å². The van der Waals surface area contributed by atoms with E-state index < -0.39 is 0 Å². The molecular weight excluding hydrogens is 344 g/mol. The Bertz CT molecular complexity index is 699. The molecule has 1 aliphatic heterocycles. The van der Waals surface area contributed by atoms with Crippen molar-refractivity contribution < 1.29 is 0 Å². The van der Waals surface area contributed by atoms with E-state index in [-0.39, 0.29) is 0 Å². The van der Waals surface area contributed by atoms with Crippen molar-refractivity contribution in [3.8, 4) is 0 Å². The highest BCUT2D eigenvalue weighted by Crippen LogP contribution is 2.17. The molecule has 28 heavy (non-hydrogen) atoms. The van der Waals surface area contributed by atoms with Crippen LogP contribution in [0.4, 0.5) is 0 Å². The molecule has 2 aromatic rings. The van der Waals surface area contributed by atoms with Crippen LogP contribution in [0.25, 0.3) is 0 Å². The lowest BCUT2D eigenvalue weighted by molar-refractivity contribution is 0.329. The van der Waals surface area contributed by atoms with E-state index in [2.05, 4.69) is 83.1 Å². The smallest absolute Gasteiger partial charge is 0.191 e. The lowest BCUT2D eigenvalue weighted by Crippen LogP contribution is -2.38. The van der Waals surface area contributed by atoms with Gasteiger partial charge < -0.3 is 15.5 Å². The van der Waals surface area contributed by atoms with Crippen molar-refractivity contribution >= 4 is 5.96 Å². The van der Waals surface area contributed by atoms with E-state index in [4.69, 9.17) is 4.99 Å². The standard InChI is InChI=1S/C24H34N4/c1-2-25-24(26-16-13-21-9-5-3-6-10-21)27-19-23-15-18-28(20-23)17-14-22-11-7-4-8-12-22/h3-12,23H,2,13-20H2,1H3,(H2,25,26,27). The van der Waals surface area contributed by atoms with E-state index in [9.17, 15) is 0 Å². The fourth-order valence-corrected chi connectivity index (χ4v) is 3.73. The first-order chi connectivity index (χ1) is 13.8. The van der Waals surface area contributed by atoms with E-state index in [0.717, 1.165) is 45.0 Å². The van der Waals surface area contributed by atoms with Crippen molar-refractivity contribution in [3.63, 3.8) is 0 Å². The first kappa shape index (κ1) is 20.4. The van der Waals surface area contributed by atoms with Gasteiger partial charge in [-0.1, -0.05) is 60.7 Å². The molecule has 4 nitrogen and oxygen atoms in total. The maximum atomic E-state index is 4.85. The van der Waals surface area contributed by atoms with Crippen LogP contribution in [-0.2, 0) is 12.8 Å². The molecule has 1 heterocycles. The summed E-state index contributed by atoms with van der Waals surface area (Å²) in [5.74, 6) is 1.61. The molecule has 2 N–H and O–H groups in total. The van der Waals surface area contributed by atoms with Gasteiger partial charge in [-0.3, -0.25) is 4.99 Å². The van der Waals surface area contributed by atoms with Gasteiger partial charge in [0.2, 0.25) is 0 Å². The second kappa shape index (κ2) is 11.5. The maximum absolute atomic E-state index is 4.85. The summed E-state index contributed by atoms with van der Waals surface area (Å²) in [6.07, 6.45) is 3.41. The molecule has 1 atom stereocenters. The van der Waals surface area contributed by atoms with E-state index in [0.29, 0.717) is 5.92 Å². The van der Waals surface area contributed by atoms with Crippen molar-refractivity contribution in [1.82, 2.24) is 15.5 Å². The summed E-state index contributed by atoms with van der Waals surface area (Å²) in [6.45, 7) is 8.34. The largest absolute Gasteiger partial charge is 0.357 e. The summed E-state index contributed by atoms with van der Waals surface area (Å²) < 4.78 is 0. The van der Waals surface area contributed by atoms with E-state index >= 15 is 0 Å². The molecule has 0 amide bonds. The monoisotopic (exact) mass is 378 g/mol. The van der Waals surface area contributed by atoms with Gasteiger partial charge in [-0.2, -0.15) is 0 Å². The first-order valence-electron chi connectivity index (χ1n) is 10.7. The van der Waals surface area contributed by atoms with Gasteiger partial charge in [0, 0.05) is 32.7 Å². The average molecular weight is 379 g/mol. The third-order valence-electron chi connectivity index (χ3n) is 5.33. The Morgan fingerprint density at radius 2 is 1.64 bits per heavy atom. The zero-order chi connectivity index (χ0) is 19.4. The van der Waals surface area contributed by atoms with E-state index in [1.807, 2.05) is 0 Å². The molecule has 3 rings (SSSR count). The number of guanidine groups is 1. The molecule has 0 radical (unpaired) electrons. The molecule has 4 heteroatoms. The summed E-state index contributed by atoms with van der Waals surface area (Å²) in [4.78, 5) is 7.43. The Kier molecular flexibility index (Phi) is 8.38. The fraction of sp³-hybridized carbons (Fsp3) is 0.458. The van der Waals surface area contributed by atoms with E-state index in [1.54, 1.807) is 0 Å². The highest BCUT2D eigenvalue weighted by atomic mass is 15.2. The third-order valence-corrected chi connectivity index (χ3v) is 5.33. The summed E-state index contributed by atoms with van der Waals surface area (Å²) in [5, 5.41) is 6.85. The molecule has 2 aromatic carbocycles. The molecule has 150 valence electrons. The molecule has 0 bridgehead atoms. The zero-order valence-corrected chi connectivity index (χ0v) is 17.1. The Labute approximate surface area is 170 Å². The topological polar surface area (TPSA) is 39.7 Å². The number of nitrogens with one attached hydrogen (secondary N) is 2. The van der Waals surface area contributed by atoms with Gasteiger partial charge in [-0.25, -0.2) is 0 Å². The van der Waals surface area contributed by atoms with Crippen LogP contribution in [0.15, 0.2) is 65.7 Å². The van der Waals surface area contributed by atoms with Crippen molar-refractivity contribution in [3.05, 3.63) is 71.8 Å². The van der Waals surface area contributed by atoms with Gasteiger partial charge in [-0.15, -0.1) is 0 Å². The molecule has 0 aliphatic carbocycles. The zero-order valence-electron chi connectivity index (χ0n) is 17.1. The minimum Gasteiger partial charge on any atom is -0.357 e. The van der Waals surface area contributed by atoms with Crippen LogP contribution in [0.5, 0.6) is 0 Å². The lowest BCUT2D eigenvalue weighted by Gasteiger charge is -2.16. The number of nitrogens with zero attached hydrogens (tertiary/aromatic N) is 2. The normalized spacial score (nSPS) is 17.6. The number of benzene rings is 2. The van der Waals surface area contributed by atoms with Gasteiger partial charge in [-0.05, 0) is 49.8 Å². The lowest BCUT2D eigenvalue weighted by atomic mass is 10.1. The van der Waals surface area contributed by atoms with Crippen molar-refractivity contribution in [2.45, 2.75) is 26.2 Å². The molecular formula is C24H34N4. The SMILES string of the molecule is CCNC(=NCC1CCN(CCc2ccccc2)C1)NCCc1ccccc1. The first-order valence-corrected chi connectivity index (χ1v) is 10.7. The number of aliphatic imine (C=N–C) groups is 1. The minimum absolute atomic E-state index is 0.667. The quantitative estimate of drug-likeness (QED) is 0.519. The van der Waals surface area contributed by atoms with Crippen molar-refractivity contribution in [1.29, 1.82) is 0 Å². The third kappa shape index (κ3) is 7.01. The molecule has 0 saturated carbocycles. The molecule has 1 aliphatic rings. The highest BCUT2D eigenvalue weighted by Gasteiger charge is 2.21. The molecule has 1 unspecified atom stereocenters. The average Bonchev–Trinajstić information content (AvgIpc) is 3.20. The van der Waals surface area contributed by atoms with Crippen LogP contribution in [0.3, 0.4) is 0 Å². The van der Waals surface area contributed by atoms with Gasteiger partial charge in [0.1, 0.15) is 0 Å². The molecule has 0 spiro atoms. The van der Waals surface area contributed by atoms with Crippen LogP contribution >= 0.6 is 0 Å². The predicted octanol–water partition coefficient (Wildman–Crippen LogP) is 3.35. The second-order valence-corrected chi connectivity index (χ2v) is 7.57. The molecule has 1 fully saturated rings. The van der Waals surface area contributed by atoms with Gasteiger partial charge in [0.05, 0.1) is 0 Å². The Hall–Kier alpha value is -2.33. The molecule has 0 aromatic heterocycles. The summed E-state index contributed by atoms with van der Waals surface area (Å²) in [5.41, 5.74) is 2.79. The Morgan fingerprint density at radius 1 is 0.964 bits per heavy atom. The van der Waals surface area contributed by atoms with Gasteiger partial charge >= 0.3 is 0 Å². The van der Waals surface area contributed by atoms with E-state index in [1.165, 1.54) is 30.6 Å². The number of likely N-dealkylation sites (tertiary alicyclic amines) is 1. The Balaban J connectivity index is 1.39. The second-order valence-electron chi connectivity index (χ2n) is 7.57. The number of hydrogen-bond donors (Lipinski definition) is 2. The van der Waals surface area contributed by atoms with Gasteiger partial charge in [0.15, 0.2) is 5.96 Å². The van der Waals surface area contributed by atoms with Crippen molar-refractivity contribution in [2.75, 3.05) is 39.3 Å². The van der Waals surface area contributed by atoms with Crippen LogP contribution < -0.4 is 10.6 Å². The van der Waals surface area contributed by atoms with Crippen LogP contribution in [0.2, 0.25) is 0 Å².